The van der Waals surface area contributed by atoms with E-state index in [-0.39, 0.29) is 0 Å². The Morgan fingerprint density at radius 3 is 2.71 bits per heavy atom. The lowest BCUT2D eigenvalue weighted by Crippen LogP contribution is -1.93. The van der Waals surface area contributed by atoms with Gasteiger partial charge in [-0.25, -0.2) is 4.98 Å². The number of pyridine rings is 1. The van der Waals surface area contributed by atoms with Crippen LogP contribution in [0.5, 0.6) is 5.75 Å². The molecule has 2 heteroatoms. The van der Waals surface area contributed by atoms with Crippen LogP contribution in [-0.2, 0) is 0 Å². The summed E-state index contributed by atoms with van der Waals surface area (Å²) in [4.78, 5) is 4.64. The second kappa shape index (κ2) is 4.06. The van der Waals surface area contributed by atoms with Crippen molar-refractivity contribution >= 4 is 21.8 Å². The summed E-state index contributed by atoms with van der Waals surface area (Å²) in [6.07, 6.45) is 0. The Kier molecular flexibility index (Phi) is 2.41. The van der Waals surface area contributed by atoms with Crippen LogP contribution in [0.25, 0.3) is 21.8 Å². The molecule has 0 amide bonds. The van der Waals surface area contributed by atoms with Crippen LogP contribution < -0.4 is 4.74 Å². The fraction of sp³-hybridized carbons (Fsp3) is 0.133. The Balaban J connectivity index is 2.35. The minimum atomic E-state index is 0.673. The molecule has 0 saturated carbocycles. The molecular formula is C15H13NO. The molecule has 0 N–H and O–H groups in total. The van der Waals surface area contributed by atoms with Gasteiger partial charge >= 0.3 is 0 Å². The molecule has 0 saturated heterocycles. The zero-order chi connectivity index (χ0) is 11.7. The lowest BCUT2D eigenvalue weighted by atomic mass is 10.1. The fourth-order valence-electron chi connectivity index (χ4n) is 2.05. The van der Waals surface area contributed by atoms with E-state index in [0.29, 0.717) is 6.61 Å². The van der Waals surface area contributed by atoms with Gasteiger partial charge in [0.05, 0.1) is 17.6 Å². The Bertz CT molecular complexity index is 676. The van der Waals surface area contributed by atoms with Crippen LogP contribution >= 0.6 is 0 Å². The number of benzene rings is 2. The molecule has 84 valence electrons. The summed E-state index contributed by atoms with van der Waals surface area (Å²) in [7, 11) is 0. The van der Waals surface area contributed by atoms with Crippen LogP contribution in [0.2, 0.25) is 0 Å². The van der Waals surface area contributed by atoms with E-state index < -0.39 is 0 Å². The standard InChI is InChI=1S/C15H13NO/c1-2-17-15-9-5-8-14-12(15)10-11-6-3-4-7-13(11)16-14/h3-10H,2H2,1H3. The molecule has 17 heavy (non-hydrogen) atoms. The van der Waals surface area contributed by atoms with E-state index in [4.69, 9.17) is 4.74 Å². The van der Waals surface area contributed by atoms with Crippen molar-refractivity contribution in [2.45, 2.75) is 6.92 Å². The van der Waals surface area contributed by atoms with Gasteiger partial charge in [0, 0.05) is 10.8 Å². The summed E-state index contributed by atoms with van der Waals surface area (Å²) in [5, 5.41) is 2.22. The van der Waals surface area contributed by atoms with Crippen molar-refractivity contribution in [1.29, 1.82) is 0 Å². The van der Waals surface area contributed by atoms with Crippen molar-refractivity contribution in [1.82, 2.24) is 4.98 Å². The average Bonchev–Trinajstić information content (AvgIpc) is 2.37. The fourth-order valence-corrected chi connectivity index (χ4v) is 2.05. The summed E-state index contributed by atoms with van der Waals surface area (Å²) in [5.74, 6) is 0.906. The third kappa shape index (κ3) is 1.72. The van der Waals surface area contributed by atoms with Crippen molar-refractivity contribution in [3.05, 3.63) is 48.5 Å². The molecule has 3 rings (SSSR count). The molecule has 0 bridgehead atoms. The minimum absolute atomic E-state index is 0.673. The first-order chi connectivity index (χ1) is 8.38. The Morgan fingerprint density at radius 1 is 1.00 bits per heavy atom. The van der Waals surface area contributed by atoms with Crippen LogP contribution in [0.15, 0.2) is 48.5 Å². The van der Waals surface area contributed by atoms with E-state index >= 15 is 0 Å². The molecule has 0 unspecified atom stereocenters. The zero-order valence-electron chi connectivity index (χ0n) is 9.68. The van der Waals surface area contributed by atoms with Gasteiger partial charge in [0.25, 0.3) is 0 Å². The maximum atomic E-state index is 5.63. The summed E-state index contributed by atoms with van der Waals surface area (Å²) < 4.78 is 5.63. The number of para-hydroxylation sites is 1. The van der Waals surface area contributed by atoms with E-state index in [1.54, 1.807) is 0 Å². The second-order valence-corrected chi connectivity index (χ2v) is 3.94. The topological polar surface area (TPSA) is 22.1 Å². The maximum Gasteiger partial charge on any atom is 0.128 e. The highest BCUT2D eigenvalue weighted by Crippen LogP contribution is 2.27. The molecule has 2 nitrogen and oxygen atoms in total. The number of hydrogen-bond acceptors (Lipinski definition) is 2. The highest BCUT2D eigenvalue weighted by Gasteiger charge is 2.04. The van der Waals surface area contributed by atoms with Gasteiger partial charge in [0.1, 0.15) is 5.75 Å². The van der Waals surface area contributed by atoms with Gasteiger partial charge in [0.15, 0.2) is 0 Å². The van der Waals surface area contributed by atoms with Crippen LogP contribution in [-0.4, -0.2) is 11.6 Å². The van der Waals surface area contributed by atoms with E-state index in [2.05, 4.69) is 17.1 Å². The van der Waals surface area contributed by atoms with Gasteiger partial charge in [-0.1, -0.05) is 24.3 Å². The van der Waals surface area contributed by atoms with Gasteiger partial charge < -0.3 is 4.74 Å². The first-order valence-electron chi connectivity index (χ1n) is 5.80. The number of fused-ring (bicyclic) bond motifs is 2. The Hall–Kier alpha value is -2.09. The van der Waals surface area contributed by atoms with E-state index in [0.717, 1.165) is 27.6 Å². The predicted octanol–water partition coefficient (Wildman–Crippen LogP) is 3.79. The molecule has 0 aliphatic rings. The Morgan fingerprint density at radius 2 is 1.82 bits per heavy atom. The molecule has 3 aromatic rings. The monoisotopic (exact) mass is 223 g/mol. The van der Waals surface area contributed by atoms with E-state index in [9.17, 15) is 0 Å². The van der Waals surface area contributed by atoms with E-state index in [1.165, 1.54) is 0 Å². The van der Waals surface area contributed by atoms with Gasteiger partial charge in [-0.05, 0) is 31.2 Å². The number of rotatable bonds is 2. The van der Waals surface area contributed by atoms with Gasteiger partial charge in [0.2, 0.25) is 0 Å². The molecule has 2 aromatic carbocycles. The third-order valence-corrected chi connectivity index (χ3v) is 2.82. The SMILES string of the molecule is CCOc1cccc2nc3ccccc3cc12. The van der Waals surface area contributed by atoms with Crippen LogP contribution in [0.1, 0.15) is 6.92 Å². The lowest BCUT2D eigenvalue weighted by Gasteiger charge is -2.07. The molecule has 0 fully saturated rings. The number of aromatic nitrogens is 1. The first kappa shape index (κ1) is 10.1. The molecule has 1 heterocycles. The van der Waals surface area contributed by atoms with Gasteiger partial charge in [-0.3, -0.25) is 0 Å². The quantitative estimate of drug-likeness (QED) is 0.617. The molecule has 1 aromatic heterocycles. The van der Waals surface area contributed by atoms with Crippen molar-refractivity contribution in [3.8, 4) is 5.75 Å². The Labute approximate surface area is 99.9 Å². The molecule has 0 aliphatic carbocycles. The summed E-state index contributed by atoms with van der Waals surface area (Å²) >= 11 is 0. The lowest BCUT2D eigenvalue weighted by molar-refractivity contribution is 0.344. The van der Waals surface area contributed by atoms with Crippen molar-refractivity contribution in [3.63, 3.8) is 0 Å². The molecule has 0 radical (unpaired) electrons. The van der Waals surface area contributed by atoms with Crippen LogP contribution in [0, 0.1) is 0 Å². The smallest absolute Gasteiger partial charge is 0.128 e. The van der Waals surface area contributed by atoms with Crippen LogP contribution in [0.3, 0.4) is 0 Å². The number of ether oxygens (including phenoxy) is 1. The highest BCUT2D eigenvalue weighted by molar-refractivity contribution is 5.95. The van der Waals surface area contributed by atoms with Gasteiger partial charge in [-0.15, -0.1) is 0 Å². The third-order valence-electron chi connectivity index (χ3n) is 2.82. The average molecular weight is 223 g/mol. The molecule has 0 aliphatic heterocycles. The van der Waals surface area contributed by atoms with Crippen molar-refractivity contribution in [2.75, 3.05) is 6.61 Å². The second-order valence-electron chi connectivity index (χ2n) is 3.94. The number of hydrogen-bond donors (Lipinski definition) is 0. The first-order valence-corrected chi connectivity index (χ1v) is 5.80. The maximum absolute atomic E-state index is 5.63. The van der Waals surface area contributed by atoms with Crippen molar-refractivity contribution in [2.24, 2.45) is 0 Å². The predicted molar refractivity (Wildman–Crippen MR) is 70.4 cm³/mol. The summed E-state index contributed by atoms with van der Waals surface area (Å²) in [6.45, 7) is 2.67. The molecule has 0 atom stereocenters. The van der Waals surface area contributed by atoms with E-state index in [1.807, 2.05) is 43.3 Å². The molecule has 0 spiro atoms. The van der Waals surface area contributed by atoms with Crippen LogP contribution in [0.4, 0.5) is 0 Å². The highest BCUT2D eigenvalue weighted by atomic mass is 16.5. The minimum Gasteiger partial charge on any atom is -0.493 e. The van der Waals surface area contributed by atoms with Crippen molar-refractivity contribution < 1.29 is 4.74 Å². The largest absolute Gasteiger partial charge is 0.493 e. The van der Waals surface area contributed by atoms with Gasteiger partial charge in [-0.2, -0.15) is 0 Å². The summed E-state index contributed by atoms with van der Waals surface area (Å²) in [5.41, 5.74) is 2.00. The zero-order valence-corrected chi connectivity index (χ0v) is 9.68. The summed E-state index contributed by atoms with van der Waals surface area (Å²) in [6, 6.07) is 16.3. The number of nitrogens with zero attached hydrogens (tertiary/aromatic N) is 1. The molecular weight excluding hydrogens is 210 g/mol. The normalized spacial score (nSPS) is 10.9.